The number of amides is 1. The maximum absolute atomic E-state index is 12.6. The number of ether oxygens (including phenoxy) is 1. The molecule has 1 aromatic rings. The Labute approximate surface area is 111 Å². The molecule has 2 rings (SSSR count). The monoisotopic (exact) mass is 265 g/mol. The summed E-state index contributed by atoms with van der Waals surface area (Å²) >= 11 is 0. The van der Waals surface area contributed by atoms with E-state index >= 15 is 0 Å². The van der Waals surface area contributed by atoms with Gasteiger partial charge in [0.25, 0.3) is 0 Å². The highest BCUT2D eigenvalue weighted by Gasteiger charge is 2.27. The number of aromatic nitrogens is 2. The van der Waals surface area contributed by atoms with Crippen LogP contribution in [-0.4, -0.2) is 40.0 Å². The largest absolute Gasteiger partial charge is 0.458 e. The number of carbonyl (C=O) groups is 1. The first-order chi connectivity index (χ1) is 9.19. The van der Waals surface area contributed by atoms with Gasteiger partial charge in [-0.2, -0.15) is 0 Å². The summed E-state index contributed by atoms with van der Waals surface area (Å²) in [6.07, 6.45) is 5.62. The lowest BCUT2D eigenvalue weighted by atomic mass is 10.3. The van der Waals surface area contributed by atoms with Crippen molar-refractivity contribution in [3.05, 3.63) is 30.9 Å². The number of nitrogens with zero attached hydrogens (tertiary/aromatic N) is 3. The third kappa shape index (κ3) is 3.74. The van der Waals surface area contributed by atoms with Crippen LogP contribution >= 0.6 is 0 Å². The van der Waals surface area contributed by atoms with Crippen molar-refractivity contribution in [2.75, 3.05) is 13.1 Å². The molecule has 0 radical (unpaired) electrons. The lowest BCUT2D eigenvalue weighted by Gasteiger charge is -2.16. The molecule has 19 heavy (non-hydrogen) atoms. The minimum Gasteiger partial charge on any atom is -0.458 e. The SMILES string of the molecule is C=CCCC(=O)N1CC[C@@H](Oc2ncc(F)cn2)C1. The van der Waals surface area contributed by atoms with E-state index in [0.29, 0.717) is 25.9 Å². The van der Waals surface area contributed by atoms with Crippen LogP contribution < -0.4 is 4.74 Å². The minimum atomic E-state index is -0.500. The highest BCUT2D eigenvalue weighted by atomic mass is 19.1. The molecule has 1 amide bonds. The van der Waals surface area contributed by atoms with Gasteiger partial charge in [0.05, 0.1) is 18.9 Å². The van der Waals surface area contributed by atoms with Crippen LogP contribution in [0.4, 0.5) is 4.39 Å². The summed E-state index contributed by atoms with van der Waals surface area (Å²) in [5, 5.41) is 0. The predicted molar refractivity (Wildman–Crippen MR) is 67.0 cm³/mol. The molecule has 1 saturated heterocycles. The lowest BCUT2D eigenvalue weighted by molar-refractivity contribution is -0.130. The number of carbonyl (C=O) groups excluding carboxylic acids is 1. The molecule has 102 valence electrons. The second kappa shape index (κ2) is 6.26. The van der Waals surface area contributed by atoms with Crippen molar-refractivity contribution in [1.29, 1.82) is 0 Å². The molecule has 5 nitrogen and oxygen atoms in total. The number of hydrogen-bond acceptors (Lipinski definition) is 4. The average Bonchev–Trinajstić information content (AvgIpc) is 2.87. The molecule has 0 aliphatic carbocycles. The van der Waals surface area contributed by atoms with Crippen LogP contribution in [0.2, 0.25) is 0 Å². The van der Waals surface area contributed by atoms with Crippen LogP contribution in [0.15, 0.2) is 25.0 Å². The van der Waals surface area contributed by atoms with Crippen molar-refractivity contribution < 1.29 is 13.9 Å². The maximum Gasteiger partial charge on any atom is 0.316 e. The predicted octanol–water partition coefficient (Wildman–Crippen LogP) is 1.56. The molecule has 0 bridgehead atoms. The van der Waals surface area contributed by atoms with E-state index in [-0.39, 0.29) is 18.0 Å². The third-order valence-corrected chi connectivity index (χ3v) is 2.93. The Morgan fingerprint density at radius 2 is 2.32 bits per heavy atom. The van der Waals surface area contributed by atoms with Crippen LogP contribution in [0.5, 0.6) is 6.01 Å². The Bertz CT molecular complexity index is 450. The zero-order valence-corrected chi connectivity index (χ0v) is 10.6. The molecular weight excluding hydrogens is 249 g/mol. The van der Waals surface area contributed by atoms with E-state index in [1.807, 2.05) is 0 Å². The van der Waals surface area contributed by atoms with Gasteiger partial charge in [0, 0.05) is 19.4 Å². The fraction of sp³-hybridized carbons (Fsp3) is 0.462. The van der Waals surface area contributed by atoms with Gasteiger partial charge in [-0.15, -0.1) is 6.58 Å². The summed E-state index contributed by atoms with van der Waals surface area (Å²) in [7, 11) is 0. The molecule has 1 atom stereocenters. The van der Waals surface area contributed by atoms with E-state index in [1.165, 1.54) is 0 Å². The molecule has 0 saturated carbocycles. The Balaban J connectivity index is 1.83. The van der Waals surface area contributed by atoms with Crippen molar-refractivity contribution in [2.45, 2.75) is 25.4 Å². The van der Waals surface area contributed by atoms with Gasteiger partial charge in [0.2, 0.25) is 5.91 Å². The van der Waals surface area contributed by atoms with Gasteiger partial charge in [0.1, 0.15) is 6.10 Å². The molecule has 1 aromatic heterocycles. The van der Waals surface area contributed by atoms with Crippen molar-refractivity contribution >= 4 is 5.91 Å². The molecule has 1 aliphatic rings. The highest BCUT2D eigenvalue weighted by molar-refractivity contribution is 5.76. The Morgan fingerprint density at radius 3 is 3.00 bits per heavy atom. The maximum atomic E-state index is 12.6. The Hall–Kier alpha value is -1.98. The number of rotatable bonds is 5. The van der Waals surface area contributed by atoms with Crippen LogP contribution in [0.1, 0.15) is 19.3 Å². The summed E-state index contributed by atoms with van der Waals surface area (Å²) < 4.78 is 18.2. The van der Waals surface area contributed by atoms with Crippen molar-refractivity contribution in [1.82, 2.24) is 14.9 Å². The molecule has 0 unspecified atom stereocenters. The first kappa shape index (κ1) is 13.5. The summed E-state index contributed by atoms with van der Waals surface area (Å²) in [5.41, 5.74) is 0. The van der Waals surface area contributed by atoms with Crippen LogP contribution in [0.3, 0.4) is 0 Å². The van der Waals surface area contributed by atoms with Crippen molar-refractivity contribution in [3.8, 4) is 6.01 Å². The van der Waals surface area contributed by atoms with E-state index in [4.69, 9.17) is 4.74 Å². The fourth-order valence-electron chi connectivity index (χ4n) is 1.94. The van der Waals surface area contributed by atoms with E-state index in [9.17, 15) is 9.18 Å². The Morgan fingerprint density at radius 1 is 1.58 bits per heavy atom. The van der Waals surface area contributed by atoms with Gasteiger partial charge in [-0.3, -0.25) is 4.79 Å². The first-order valence-corrected chi connectivity index (χ1v) is 6.22. The van der Waals surface area contributed by atoms with Gasteiger partial charge >= 0.3 is 6.01 Å². The van der Waals surface area contributed by atoms with Gasteiger partial charge in [-0.25, -0.2) is 14.4 Å². The van der Waals surface area contributed by atoms with Gasteiger partial charge in [0.15, 0.2) is 5.82 Å². The van der Waals surface area contributed by atoms with Crippen molar-refractivity contribution in [3.63, 3.8) is 0 Å². The molecule has 1 fully saturated rings. The summed E-state index contributed by atoms with van der Waals surface area (Å²) in [5.74, 6) is -0.397. The Kier molecular flexibility index (Phi) is 4.43. The van der Waals surface area contributed by atoms with Gasteiger partial charge < -0.3 is 9.64 Å². The number of allylic oxidation sites excluding steroid dienone is 1. The van der Waals surface area contributed by atoms with E-state index in [0.717, 1.165) is 18.8 Å². The normalized spacial score (nSPS) is 18.4. The zero-order valence-electron chi connectivity index (χ0n) is 10.6. The smallest absolute Gasteiger partial charge is 0.316 e. The van der Waals surface area contributed by atoms with E-state index in [1.54, 1.807) is 11.0 Å². The minimum absolute atomic E-state index is 0.103. The first-order valence-electron chi connectivity index (χ1n) is 6.22. The van der Waals surface area contributed by atoms with E-state index < -0.39 is 5.82 Å². The third-order valence-electron chi connectivity index (χ3n) is 2.93. The number of likely N-dealkylation sites (tertiary alicyclic amines) is 1. The standard InChI is InChI=1S/C13H16FN3O2/c1-2-3-4-12(18)17-6-5-11(9-17)19-13-15-7-10(14)8-16-13/h2,7-8,11H,1,3-6,9H2/t11-/m1/s1. The molecule has 6 heteroatoms. The van der Waals surface area contributed by atoms with Crippen LogP contribution in [0.25, 0.3) is 0 Å². The van der Waals surface area contributed by atoms with Crippen LogP contribution in [0, 0.1) is 5.82 Å². The second-order valence-electron chi connectivity index (χ2n) is 4.38. The summed E-state index contributed by atoms with van der Waals surface area (Å²) in [6, 6.07) is 0.145. The quantitative estimate of drug-likeness (QED) is 0.758. The number of hydrogen-bond donors (Lipinski definition) is 0. The number of halogens is 1. The van der Waals surface area contributed by atoms with Gasteiger partial charge in [-0.1, -0.05) is 6.08 Å². The van der Waals surface area contributed by atoms with Gasteiger partial charge in [-0.05, 0) is 6.42 Å². The molecule has 2 heterocycles. The molecule has 0 N–H and O–H groups in total. The zero-order chi connectivity index (χ0) is 13.7. The second-order valence-corrected chi connectivity index (χ2v) is 4.38. The molecule has 1 aliphatic heterocycles. The highest BCUT2D eigenvalue weighted by Crippen LogP contribution is 2.16. The van der Waals surface area contributed by atoms with Crippen molar-refractivity contribution in [2.24, 2.45) is 0 Å². The van der Waals surface area contributed by atoms with Crippen LogP contribution in [-0.2, 0) is 4.79 Å². The molecular formula is C13H16FN3O2. The summed E-state index contributed by atoms with van der Waals surface area (Å²) in [4.78, 5) is 21.0. The van der Waals surface area contributed by atoms with E-state index in [2.05, 4.69) is 16.5 Å². The molecule has 0 aromatic carbocycles. The lowest BCUT2D eigenvalue weighted by Crippen LogP contribution is -2.30. The molecule has 0 spiro atoms. The fourth-order valence-corrected chi connectivity index (χ4v) is 1.94. The summed E-state index contributed by atoms with van der Waals surface area (Å²) in [6.45, 7) is 4.79. The topological polar surface area (TPSA) is 55.3 Å². The average molecular weight is 265 g/mol.